The lowest BCUT2D eigenvalue weighted by atomic mass is 10.1. The molecule has 156 valence electrons. The van der Waals surface area contributed by atoms with Crippen LogP contribution in [0, 0.1) is 0 Å². The van der Waals surface area contributed by atoms with Gasteiger partial charge in [-0.2, -0.15) is 0 Å². The van der Waals surface area contributed by atoms with Gasteiger partial charge in [0.25, 0.3) is 5.91 Å². The number of carbonyl (C=O) groups is 2. The number of benzene rings is 1. The van der Waals surface area contributed by atoms with Crippen molar-refractivity contribution in [2.75, 3.05) is 17.2 Å². The largest absolute Gasteiger partial charge is 0.492 e. The maximum absolute atomic E-state index is 12.6. The van der Waals surface area contributed by atoms with Crippen molar-refractivity contribution in [1.82, 2.24) is 4.98 Å². The first-order valence-electron chi connectivity index (χ1n) is 9.57. The van der Waals surface area contributed by atoms with Gasteiger partial charge in [0.2, 0.25) is 5.91 Å². The Balaban J connectivity index is 1.41. The van der Waals surface area contributed by atoms with Crippen molar-refractivity contribution in [2.45, 2.75) is 32.8 Å². The molecule has 30 heavy (non-hydrogen) atoms. The number of hydrogen-bond acceptors (Lipinski definition) is 7. The van der Waals surface area contributed by atoms with Gasteiger partial charge in [0.05, 0.1) is 29.3 Å². The molecule has 0 saturated carbocycles. The van der Waals surface area contributed by atoms with Crippen LogP contribution in [0.25, 0.3) is 0 Å². The van der Waals surface area contributed by atoms with Gasteiger partial charge in [0.15, 0.2) is 5.13 Å². The summed E-state index contributed by atoms with van der Waals surface area (Å²) in [5, 5.41) is 9.72. The molecular formula is C21H21N3O4S2. The Labute approximate surface area is 182 Å². The minimum absolute atomic E-state index is 0.0886. The third-order valence-corrected chi connectivity index (χ3v) is 6.11. The summed E-state index contributed by atoms with van der Waals surface area (Å²) < 4.78 is 11.5. The quantitative estimate of drug-likeness (QED) is 0.566. The lowest BCUT2D eigenvalue weighted by Crippen LogP contribution is -2.16. The average Bonchev–Trinajstić information content (AvgIpc) is 3.43. The van der Waals surface area contributed by atoms with Gasteiger partial charge in [-0.3, -0.25) is 14.9 Å². The number of thiophene rings is 1. The van der Waals surface area contributed by atoms with Crippen molar-refractivity contribution in [3.05, 3.63) is 51.2 Å². The van der Waals surface area contributed by atoms with Crippen LogP contribution < -0.4 is 20.1 Å². The number of ether oxygens (including phenoxy) is 2. The molecule has 3 heterocycles. The Bertz CT molecular complexity index is 1060. The highest BCUT2D eigenvalue weighted by molar-refractivity contribution is 7.14. The first-order chi connectivity index (χ1) is 14.5. The number of rotatable bonds is 7. The number of carbonyl (C=O) groups excluding carboxylic acids is 2. The fourth-order valence-corrected chi connectivity index (χ4v) is 4.51. The molecule has 2 N–H and O–H groups in total. The second-order valence-electron chi connectivity index (χ2n) is 6.82. The second kappa shape index (κ2) is 8.85. The highest BCUT2D eigenvalue weighted by Gasteiger charge is 2.23. The van der Waals surface area contributed by atoms with Crippen LogP contribution in [0.15, 0.2) is 35.0 Å². The van der Waals surface area contributed by atoms with Crippen molar-refractivity contribution in [2.24, 2.45) is 0 Å². The SMILES string of the molecule is CCOc1cc2c(cc1NC(=O)Cc1csc(NC(=O)c3cccs3)n1)OC(C)C2. The first kappa shape index (κ1) is 20.4. The zero-order chi connectivity index (χ0) is 21.1. The number of fused-ring (bicyclic) bond motifs is 1. The van der Waals surface area contributed by atoms with Crippen LogP contribution in [-0.4, -0.2) is 29.5 Å². The minimum Gasteiger partial charge on any atom is -0.492 e. The van der Waals surface area contributed by atoms with Gasteiger partial charge >= 0.3 is 0 Å². The number of anilines is 2. The van der Waals surface area contributed by atoms with E-state index in [1.54, 1.807) is 11.4 Å². The van der Waals surface area contributed by atoms with Crippen molar-refractivity contribution in [3.63, 3.8) is 0 Å². The van der Waals surface area contributed by atoms with Crippen LogP contribution in [-0.2, 0) is 17.6 Å². The monoisotopic (exact) mass is 443 g/mol. The van der Waals surface area contributed by atoms with Crippen LogP contribution in [0.4, 0.5) is 10.8 Å². The molecule has 0 saturated heterocycles. The highest BCUT2D eigenvalue weighted by Crippen LogP contribution is 2.38. The Morgan fingerprint density at radius 3 is 2.93 bits per heavy atom. The molecule has 1 unspecified atom stereocenters. The van der Waals surface area contributed by atoms with E-state index in [1.807, 2.05) is 37.4 Å². The lowest BCUT2D eigenvalue weighted by molar-refractivity contribution is -0.115. The smallest absolute Gasteiger partial charge is 0.267 e. The molecule has 0 spiro atoms. The van der Waals surface area contributed by atoms with Crippen molar-refractivity contribution in [3.8, 4) is 11.5 Å². The summed E-state index contributed by atoms with van der Waals surface area (Å²) in [6, 6.07) is 7.31. The van der Waals surface area contributed by atoms with Gasteiger partial charge in [0, 0.05) is 23.4 Å². The van der Waals surface area contributed by atoms with Gasteiger partial charge < -0.3 is 14.8 Å². The fourth-order valence-electron chi connectivity index (χ4n) is 3.18. The molecule has 1 aliphatic heterocycles. The fraction of sp³-hybridized carbons (Fsp3) is 0.286. The van der Waals surface area contributed by atoms with Gasteiger partial charge in [-0.25, -0.2) is 4.98 Å². The summed E-state index contributed by atoms with van der Waals surface area (Å²) in [6.45, 7) is 4.41. The molecule has 4 rings (SSSR count). The molecule has 3 aromatic rings. The number of hydrogen-bond donors (Lipinski definition) is 2. The van der Waals surface area contributed by atoms with Gasteiger partial charge in [-0.15, -0.1) is 22.7 Å². The molecule has 2 amide bonds. The molecule has 0 bridgehead atoms. The number of aromatic nitrogens is 1. The van der Waals surface area contributed by atoms with Gasteiger partial charge in [-0.1, -0.05) is 6.07 Å². The van der Waals surface area contributed by atoms with Crippen molar-refractivity contribution >= 4 is 45.3 Å². The van der Waals surface area contributed by atoms with E-state index in [0.717, 1.165) is 17.7 Å². The normalized spacial score (nSPS) is 14.7. The molecule has 0 aliphatic carbocycles. The van der Waals surface area contributed by atoms with Crippen LogP contribution in [0.5, 0.6) is 11.5 Å². The molecule has 7 nitrogen and oxygen atoms in total. The molecule has 0 radical (unpaired) electrons. The maximum atomic E-state index is 12.6. The van der Waals surface area contributed by atoms with E-state index in [4.69, 9.17) is 9.47 Å². The number of nitrogens with zero attached hydrogens (tertiary/aromatic N) is 1. The van der Waals surface area contributed by atoms with Crippen LogP contribution in [0.1, 0.15) is 34.8 Å². The summed E-state index contributed by atoms with van der Waals surface area (Å²) in [6.07, 6.45) is 1.02. The van der Waals surface area contributed by atoms with E-state index < -0.39 is 0 Å². The van der Waals surface area contributed by atoms with E-state index in [9.17, 15) is 9.59 Å². The minimum atomic E-state index is -0.219. The zero-order valence-corrected chi connectivity index (χ0v) is 18.2. The second-order valence-corrected chi connectivity index (χ2v) is 8.63. The van der Waals surface area contributed by atoms with Gasteiger partial charge in [0.1, 0.15) is 17.6 Å². The summed E-state index contributed by atoms with van der Waals surface area (Å²) in [5.74, 6) is 0.977. The first-order valence-corrected chi connectivity index (χ1v) is 11.3. The van der Waals surface area contributed by atoms with E-state index in [0.29, 0.717) is 33.7 Å². The van der Waals surface area contributed by atoms with Gasteiger partial charge in [-0.05, 0) is 31.4 Å². The third kappa shape index (κ3) is 4.63. The topological polar surface area (TPSA) is 89.6 Å². The third-order valence-electron chi connectivity index (χ3n) is 4.43. The van der Waals surface area contributed by atoms with Crippen LogP contribution in [0.2, 0.25) is 0 Å². The van der Waals surface area contributed by atoms with Crippen LogP contribution in [0.3, 0.4) is 0 Å². The predicted octanol–water partition coefficient (Wildman–Crippen LogP) is 4.36. The van der Waals surface area contributed by atoms with Crippen molar-refractivity contribution < 1.29 is 19.1 Å². The molecule has 0 fully saturated rings. The van der Waals surface area contributed by atoms with E-state index in [-0.39, 0.29) is 24.3 Å². The van der Waals surface area contributed by atoms with E-state index in [2.05, 4.69) is 15.6 Å². The molecule has 1 aliphatic rings. The Hall–Kier alpha value is -2.91. The number of amides is 2. The molecular weight excluding hydrogens is 422 g/mol. The standard InChI is InChI=1S/C21H21N3O4S2/c1-3-27-17-8-13-7-12(2)28-16(13)10-15(17)23-19(25)9-14-11-30-21(22-14)24-20(26)18-5-4-6-29-18/h4-6,8,10-12H,3,7,9H2,1-2H3,(H,23,25)(H,22,24,26). The average molecular weight is 444 g/mol. The molecule has 1 aromatic carbocycles. The van der Waals surface area contributed by atoms with Crippen LogP contribution >= 0.6 is 22.7 Å². The van der Waals surface area contributed by atoms with Crippen molar-refractivity contribution in [1.29, 1.82) is 0 Å². The Morgan fingerprint density at radius 2 is 2.17 bits per heavy atom. The summed E-state index contributed by atoms with van der Waals surface area (Å²) in [5.41, 5.74) is 2.24. The summed E-state index contributed by atoms with van der Waals surface area (Å²) in [7, 11) is 0. The Morgan fingerprint density at radius 1 is 1.30 bits per heavy atom. The summed E-state index contributed by atoms with van der Waals surface area (Å²) >= 11 is 2.65. The molecule has 9 heteroatoms. The highest BCUT2D eigenvalue weighted by atomic mass is 32.1. The maximum Gasteiger partial charge on any atom is 0.267 e. The Kier molecular flexibility index (Phi) is 6.01. The molecule has 2 aromatic heterocycles. The summed E-state index contributed by atoms with van der Waals surface area (Å²) in [4.78, 5) is 29.7. The zero-order valence-electron chi connectivity index (χ0n) is 16.6. The molecule has 1 atom stereocenters. The van der Waals surface area contributed by atoms with E-state index >= 15 is 0 Å². The number of nitrogens with one attached hydrogen (secondary N) is 2. The lowest BCUT2D eigenvalue weighted by Gasteiger charge is -2.13. The predicted molar refractivity (Wildman–Crippen MR) is 118 cm³/mol. The number of thiazole rings is 1. The van der Waals surface area contributed by atoms with E-state index in [1.165, 1.54) is 22.7 Å².